The van der Waals surface area contributed by atoms with Gasteiger partial charge in [-0.05, 0) is 12.5 Å². The number of benzene rings is 1. The number of anilines is 1. The minimum atomic E-state index is -1.19. The van der Waals surface area contributed by atoms with E-state index in [1.165, 1.54) is 0 Å². The molecule has 1 rings (SSSR count). The van der Waals surface area contributed by atoms with Crippen LogP contribution in [0.4, 0.5) is 20.6 Å². The Morgan fingerprint density at radius 3 is 2.62 bits per heavy atom. The summed E-state index contributed by atoms with van der Waals surface area (Å²) in [5.74, 6) is -2.16. The fourth-order valence-electron chi connectivity index (χ4n) is 1.60. The molecule has 0 spiro atoms. The summed E-state index contributed by atoms with van der Waals surface area (Å²) in [5, 5.41) is 21.4. The normalized spacial score (nSPS) is 10.0. The Balaban J connectivity index is 2.85. The molecule has 114 valence electrons. The van der Waals surface area contributed by atoms with Crippen molar-refractivity contribution in [2.75, 3.05) is 18.4 Å². The second kappa shape index (κ2) is 7.17. The molecule has 0 unspecified atom stereocenters. The van der Waals surface area contributed by atoms with Crippen molar-refractivity contribution >= 4 is 23.4 Å². The number of amides is 2. The number of carbonyl (C=O) groups is 2. The van der Waals surface area contributed by atoms with Crippen molar-refractivity contribution in [3.8, 4) is 0 Å². The number of non-ortho nitro benzene ring substituents is 1. The summed E-state index contributed by atoms with van der Waals surface area (Å²) in [5.41, 5.74) is -0.696. The van der Waals surface area contributed by atoms with E-state index < -0.39 is 35.0 Å². The monoisotopic (exact) mass is 299 g/mol. The largest absolute Gasteiger partial charge is 0.480 e. The fourth-order valence-corrected chi connectivity index (χ4v) is 1.60. The van der Waals surface area contributed by atoms with Crippen molar-refractivity contribution in [3.05, 3.63) is 34.1 Å². The number of halogens is 1. The zero-order valence-corrected chi connectivity index (χ0v) is 11.2. The van der Waals surface area contributed by atoms with Gasteiger partial charge in [-0.25, -0.2) is 9.18 Å². The third kappa shape index (κ3) is 4.71. The lowest BCUT2D eigenvalue weighted by Gasteiger charge is -2.20. The van der Waals surface area contributed by atoms with Gasteiger partial charge >= 0.3 is 12.0 Å². The zero-order chi connectivity index (χ0) is 16.0. The van der Waals surface area contributed by atoms with E-state index in [4.69, 9.17) is 5.11 Å². The maximum Gasteiger partial charge on any atom is 0.323 e. The summed E-state index contributed by atoms with van der Waals surface area (Å²) >= 11 is 0. The Bertz CT molecular complexity index is 564. The Kier molecular flexibility index (Phi) is 5.58. The number of hydrogen-bond donors (Lipinski definition) is 2. The molecule has 2 N–H and O–H groups in total. The van der Waals surface area contributed by atoms with Gasteiger partial charge in [0, 0.05) is 12.6 Å². The number of nitro benzene ring substituents is 1. The molecule has 0 saturated heterocycles. The Morgan fingerprint density at radius 1 is 1.48 bits per heavy atom. The number of nitrogens with zero attached hydrogens (tertiary/aromatic N) is 2. The second-order valence-electron chi connectivity index (χ2n) is 4.17. The second-order valence-corrected chi connectivity index (χ2v) is 4.17. The Labute approximate surface area is 119 Å². The van der Waals surface area contributed by atoms with E-state index in [0.717, 1.165) is 17.0 Å². The maximum atomic E-state index is 13.6. The number of nitro groups is 1. The van der Waals surface area contributed by atoms with Crippen molar-refractivity contribution in [1.82, 2.24) is 4.90 Å². The van der Waals surface area contributed by atoms with Crippen LogP contribution in [0.2, 0.25) is 0 Å². The molecular formula is C12H14FN3O5. The van der Waals surface area contributed by atoms with Crippen molar-refractivity contribution in [1.29, 1.82) is 0 Å². The summed E-state index contributed by atoms with van der Waals surface area (Å²) in [7, 11) is 0. The van der Waals surface area contributed by atoms with E-state index in [1.54, 1.807) is 6.92 Å². The Morgan fingerprint density at radius 2 is 2.14 bits per heavy atom. The van der Waals surface area contributed by atoms with E-state index in [1.807, 2.05) is 0 Å². The van der Waals surface area contributed by atoms with Crippen LogP contribution in [0, 0.1) is 15.9 Å². The average Bonchev–Trinajstić information content (AvgIpc) is 2.39. The minimum Gasteiger partial charge on any atom is -0.480 e. The Hall–Kier alpha value is -2.71. The third-order valence-electron chi connectivity index (χ3n) is 2.51. The lowest BCUT2D eigenvalue weighted by atomic mass is 10.2. The van der Waals surface area contributed by atoms with Gasteiger partial charge in [0.2, 0.25) is 0 Å². The van der Waals surface area contributed by atoms with E-state index in [9.17, 15) is 24.1 Å². The van der Waals surface area contributed by atoms with Gasteiger partial charge < -0.3 is 15.3 Å². The van der Waals surface area contributed by atoms with Crippen LogP contribution in [0.5, 0.6) is 0 Å². The van der Waals surface area contributed by atoms with Crippen LogP contribution in [0.3, 0.4) is 0 Å². The first-order chi connectivity index (χ1) is 9.85. The van der Waals surface area contributed by atoms with Gasteiger partial charge in [0.1, 0.15) is 6.54 Å². The van der Waals surface area contributed by atoms with Gasteiger partial charge in [0.25, 0.3) is 5.69 Å². The first-order valence-corrected chi connectivity index (χ1v) is 6.06. The minimum absolute atomic E-state index is 0.187. The van der Waals surface area contributed by atoms with Crippen LogP contribution >= 0.6 is 0 Å². The molecule has 21 heavy (non-hydrogen) atoms. The molecule has 0 atom stereocenters. The zero-order valence-electron chi connectivity index (χ0n) is 11.2. The quantitative estimate of drug-likeness (QED) is 0.616. The van der Waals surface area contributed by atoms with Crippen molar-refractivity contribution < 1.29 is 24.0 Å². The number of carboxylic acids is 1. The molecule has 1 aromatic rings. The maximum absolute atomic E-state index is 13.6. The van der Waals surface area contributed by atoms with E-state index >= 15 is 0 Å². The van der Waals surface area contributed by atoms with E-state index in [0.29, 0.717) is 12.5 Å². The van der Waals surface area contributed by atoms with Crippen LogP contribution in [0.25, 0.3) is 0 Å². The molecule has 0 aliphatic carbocycles. The highest BCUT2D eigenvalue weighted by atomic mass is 19.1. The molecule has 0 aliphatic rings. The standard InChI is InChI=1S/C12H14FN3O5/c1-2-5-15(7-11(17)18)12(19)14-10-4-3-8(16(20)21)6-9(10)13/h3-4,6H,2,5,7H2,1H3,(H,14,19)(H,17,18). The molecule has 0 radical (unpaired) electrons. The molecule has 0 bridgehead atoms. The van der Waals surface area contributed by atoms with Gasteiger partial charge in [-0.15, -0.1) is 0 Å². The molecule has 9 heteroatoms. The summed E-state index contributed by atoms with van der Waals surface area (Å²) in [4.78, 5) is 33.2. The predicted molar refractivity (Wildman–Crippen MR) is 71.6 cm³/mol. The highest BCUT2D eigenvalue weighted by Crippen LogP contribution is 2.20. The highest BCUT2D eigenvalue weighted by Gasteiger charge is 2.18. The molecule has 0 saturated carbocycles. The van der Waals surface area contributed by atoms with Crippen molar-refractivity contribution in [2.24, 2.45) is 0 Å². The lowest BCUT2D eigenvalue weighted by molar-refractivity contribution is -0.385. The van der Waals surface area contributed by atoms with E-state index in [2.05, 4.69) is 5.32 Å². The van der Waals surface area contributed by atoms with Crippen LogP contribution in [-0.2, 0) is 4.79 Å². The van der Waals surface area contributed by atoms with Gasteiger partial charge in [-0.1, -0.05) is 6.92 Å². The van der Waals surface area contributed by atoms with Gasteiger partial charge in [0.05, 0.1) is 16.7 Å². The van der Waals surface area contributed by atoms with Gasteiger partial charge in [-0.3, -0.25) is 14.9 Å². The molecule has 8 nitrogen and oxygen atoms in total. The molecular weight excluding hydrogens is 285 g/mol. The average molecular weight is 299 g/mol. The van der Waals surface area contributed by atoms with Crippen LogP contribution < -0.4 is 5.32 Å². The summed E-state index contributed by atoms with van der Waals surface area (Å²) < 4.78 is 13.6. The number of carboxylic acid groups (broad SMARTS) is 1. The third-order valence-corrected chi connectivity index (χ3v) is 2.51. The number of carbonyl (C=O) groups excluding carboxylic acids is 1. The molecule has 0 aliphatic heterocycles. The van der Waals surface area contributed by atoms with Crippen LogP contribution in [0.15, 0.2) is 18.2 Å². The molecule has 0 fully saturated rings. The number of aliphatic carboxylic acids is 1. The van der Waals surface area contributed by atoms with Crippen molar-refractivity contribution in [2.45, 2.75) is 13.3 Å². The van der Waals surface area contributed by atoms with Crippen molar-refractivity contribution in [3.63, 3.8) is 0 Å². The number of hydrogen-bond acceptors (Lipinski definition) is 4. The van der Waals surface area contributed by atoms with E-state index in [-0.39, 0.29) is 12.2 Å². The van der Waals surface area contributed by atoms with Crippen LogP contribution in [-0.4, -0.2) is 40.0 Å². The number of rotatable bonds is 6. The predicted octanol–water partition coefficient (Wildman–Crippen LogP) is 2.06. The smallest absolute Gasteiger partial charge is 0.323 e. The summed E-state index contributed by atoms with van der Waals surface area (Å²) in [6.07, 6.45) is 0.531. The molecule has 1 aromatic carbocycles. The summed E-state index contributed by atoms with van der Waals surface area (Å²) in [6, 6.07) is 1.99. The highest BCUT2D eigenvalue weighted by molar-refractivity contribution is 5.91. The lowest BCUT2D eigenvalue weighted by Crippen LogP contribution is -2.39. The topological polar surface area (TPSA) is 113 Å². The number of urea groups is 1. The molecule has 0 heterocycles. The molecule has 0 aromatic heterocycles. The SMILES string of the molecule is CCCN(CC(=O)O)C(=O)Nc1ccc([N+](=O)[O-])cc1F. The first-order valence-electron chi connectivity index (χ1n) is 6.06. The summed E-state index contributed by atoms with van der Waals surface area (Å²) in [6.45, 7) is 1.43. The van der Waals surface area contributed by atoms with Crippen LogP contribution in [0.1, 0.15) is 13.3 Å². The van der Waals surface area contributed by atoms with Gasteiger partial charge in [-0.2, -0.15) is 0 Å². The van der Waals surface area contributed by atoms with Gasteiger partial charge in [0.15, 0.2) is 5.82 Å². The molecule has 2 amide bonds. The first kappa shape index (κ1) is 16.3. The fraction of sp³-hybridized carbons (Fsp3) is 0.333. The number of nitrogens with one attached hydrogen (secondary N) is 1.